The number of hydrogen-bond acceptors (Lipinski definition) is 5. The van der Waals surface area contributed by atoms with E-state index >= 15 is 0 Å². The molecule has 0 unspecified atom stereocenters. The third-order valence-corrected chi connectivity index (χ3v) is 13.6. The Morgan fingerprint density at radius 1 is 1.07 bits per heavy atom. The van der Waals surface area contributed by atoms with Crippen molar-refractivity contribution in [3.05, 3.63) is 12.7 Å². The van der Waals surface area contributed by atoms with E-state index in [4.69, 9.17) is 9.47 Å². The molecule has 226 valence electrons. The third-order valence-electron chi connectivity index (χ3n) is 13.6. The van der Waals surface area contributed by atoms with Gasteiger partial charge in [0.1, 0.15) is 6.04 Å². The van der Waals surface area contributed by atoms with Gasteiger partial charge in [0.05, 0.1) is 39.0 Å². The number of esters is 1. The fourth-order valence-corrected chi connectivity index (χ4v) is 11.5. The zero-order chi connectivity index (χ0) is 28.1. The Bertz CT molecular complexity index is 929. The zero-order valence-corrected chi connectivity index (χ0v) is 25.7. The van der Waals surface area contributed by atoms with Crippen LogP contribution in [0.5, 0.6) is 0 Å². The van der Waals surface area contributed by atoms with E-state index in [9.17, 15) is 9.90 Å². The van der Waals surface area contributed by atoms with Crippen molar-refractivity contribution in [3.63, 3.8) is 0 Å². The molecule has 0 aromatic rings. The Balaban J connectivity index is 1.31. The van der Waals surface area contributed by atoms with Crippen molar-refractivity contribution in [2.24, 2.45) is 34.5 Å². The molecule has 0 spiro atoms. The fraction of sp³-hybridized carbons (Fsp3) is 0.912. The van der Waals surface area contributed by atoms with E-state index in [-0.39, 0.29) is 35.0 Å². The first kappa shape index (κ1) is 29.1. The smallest absolute Gasteiger partial charge is 0.306 e. The lowest BCUT2D eigenvalue weighted by atomic mass is 9.44. The summed E-state index contributed by atoms with van der Waals surface area (Å²) in [6, 6.07) is 0.656. The van der Waals surface area contributed by atoms with Crippen LogP contribution in [0.25, 0.3) is 0 Å². The third kappa shape index (κ3) is 4.72. The predicted molar refractivity (Wildman–Crippen MR) is 158 cm³/mol. The summed E-state index contributed by atoms with van der Waals surface area (Å²) < 4.78 is 13.3. The first-order chi connectivity index (χ1) is 19.3. The van der Waals surface area contributed by atoms with Crippen molar-refractivity contribution in [1.29, 1.82) is 0 Å². The summed E-state index contributed by atoms with van der Waals surface area (Å²) in [7, 11) is 0. The molecule has 10 atom stereocenters. The van der Waals surface area contributed by atoms with E-state index in [1.54, 1.807) is 0 Å². The Morgan fingerprint density at radius 2 is 1.82 bits per heavy atom. The lowest BCUT2D eigenvalue weighted by Gasteiger charge is -2.62. The van der Waals surface area contributed by atoms with Crippen molar-refractivity contribution in [2.75, 3.05) is 45.9 Å². The molecule has 2 aliphatic heterocycles. The average molecular weight is 558 g/mol. The van der Waals surface area contributed by atoms with Crippen LogP contribution in [0.15, 0.2) is 12.7 Å². The van der Waals surface area contributed by atoms with Gasteiger partial charge < -0.3 is 19.1 Å². The van der Waals surface area contributed by atoms with Gasteiger partial charge in [-0.2, -0.15) is 0 Å². The summed E-state index contributed by atoms with van der Waals surface area (Å²) in [5.74, 6) is 2.62. The van der Waals surface area contributed by atoms with Crippen molar-refractivity contribution in [3.8, 4) is 0 Å². The van der Waals surface area contributed by atoms with Gasteiger partial charge in [-0.3, -0.25) is 9.69 Å². The maximum atomic E-state index is 12.9. The molecule has 6 fully saturated rings. The molecule has 6 rings (SSSR count). The number of fused-ring (bicyclic) bond motifs is 5. The Hall–Kier alpha value is -0.950. The number of hydrogen-bond donors (Lipinski definition) is 1. The SMILES string of the molecule is C=CC[N+]1([C@H]2C[C@H]3[C@@H]4CC[C@H]5C[C@H](O)[C@@H](N6CCOCC6)C[C@]5(C)[C@H]4CC[C@]3(C)[C@H]2OC(=O)CC)CCCCC1. The van der Waals surface area contributed by atoms with Gasteiger partial charge >= 0.3 is 5.97 Å². The second kappa shape index (κ2) is 11.3. The van der Waals surface area contributed by atoms with Gasteiger partial charge in [-0.1, -0.05) is 27.4 Å². The van der Waals surface area contributed by atoms with Crippen LogP contribution < -0.4 is 0 Å². The van der Waals surface area contributed by atoms with Crippen molar-refractivity contribution >= 4 is 5.97 Å². The van der Waals surface area contributed by atoms with Crippen LogP contribution in [0.4, 0.5) is 0 Å². The molecule has 4 saturated carbocycles. The van der Waals surface area contributed by atoms with Crippen LogP contribution >= 0.6 is 0 Å². The maximum Gasteiger partial charge on any atom is 0.306 e. The van der Waals surface area contributed by atoms with E-state index < -0.39 is 0 Å². The number of aliphatic hydroxyl groups excluding tert-OH is 1. The van der Waals surface area contributed by atoms with Crippen LogP contribution in [0.3, 0.4) is 0 Å². The molecule has 2 saturated heterocycles. The number of aliphatic hydroxyl groups is 1. The molecule has 40 heavy (non-hydrogen) atoms. The van der Waals surface area contributed by atoms with Gasteiger partial charge in [-0.25, -0.2) is 0 Å². The number of rotatable bonds is 6. The lowest BCUT2D eigenvalue weighted by Crippen LogP contribution is -2.63. The highest BCUT2D eigenvalue weighted by atomic mass is 16.5. The predicted octanol–water partition coefficient (Wildman–Crippen LogP) is 5.19. The Labute approximate surface area is 243 Å². The van der Waals surface area contributed by atoms with Gasteiger partial charge in [0, 0.05) is 37.4 Å². The zero-order valence-electron chi connectivity index (χ0n) is 25.7. The first-order valence-electron chi connectivity index (χ1n) is 16.9. The van der Waals surface area contributed by atoms with Gasteiger partial charge in [-0.15, -0.1) is 0 Å². The second-order valence-corrected chi connectivity index (χ2v) is 15.2. The molecule has 6 aliphatic rings. The summed E-state index contributed by atoms with van der Waals surface area (Å²) in [5.41, 5.74) is 0.333. The molecule has 0 aromatic carbocycles. The van der Waals surface area contributed by atoms with Crippen molar-refractivity contribution < 1.29 is 23.9 Å². The summed E-state index contributed by atoms with van der Waals surface area (Å²) in [5, 5.41) is 11.3. The quantitative estimate of drug-likeness (QED) is 0.277. The Morgan fingerprint density at radius 3 is 2.52 bits per heavy atom. The van der Waals surface area contributed by atoms with Crippen LogP contribution in [0.1, 0.15) is 91.4 Å². The van der Waals surface area contributed by atoms with Crippen LogP contribution in [-0.2, 0) is 14.3 Å². The minimum Gasteiger partial charge on any atom is -0.455 e. The summed E-state index contributed by atoms with van der Waals surface area (Å²) >= 11 is 0. The van der Waals surface area contributed by atoms with Crippen LogP contribution in [0.2, 0.25) is 0 Å². The largest absolute Gasteiger partial charge is 0.455 e. The van der Waals surface area contributed by atoms with Gasteiger partial charge in [0.25, 0.3) is 0 Å². The molecule has 4 aliphatic carbocycles. The van der Waals surface area contributed by atoms with Crippen molar-refractivity contribution in [1.82, 2.24) is 4.90 Å². The normalized spacial score (nSPS) is 47.0. The summed E-state index contributed by atoms with van der Waals surface area (Å²) in [6.07, 6.45) is 14.5. The van der Waals surface area contributed by atoms with Crippen molar-refractivity contribution in [2.45, 2.75) is 116 Å². The van der Waals surface area contributed by atoms with E-state index in [1.165, 1.54) is 58.0 Å². The summed E-state index contributed by atoms with van der Waals surface area (Å²) in [6.45, 7) is 18.1. The molecule has 1 N–H and O–H groups in total. The topological polar surface area (TPSA) is 59.0 Å². The molecule has 0 aromatic heterocycles. The van der Waals surface area contributed by atoms with Gasteiger partial charge in [0.2, 0.25) is 0 Å². The van der Waals surface area contributed by atoms with E-state index in [2.05, 4.69) is 31.4 Å². The number of likely N-dealkylation sites (tertiary alicyclic amines) is 1. The monoisotopic (exact) mass is 557 g/mol. The Kier molecular flexibility index (Phi) is 8.22. The minimum atomic E-state index is -0.211. The second-order valence-electron chi connectivity index (χ2n) is 15.2. The number of quaternary nitrogens is 1. The number of ether oxygens (including phenoxy) is 2. The standard InChI is InChI=1S/C34H57N2O4/c1-5-16-36(17-8-7-9-18-36)29-22-27-25-11-10-24-21-30(37)28(35-14-19-39-20-15-35)23-34(24,4)26(25)12-13-33(27,3)32(29)40-31(38)6-2/h5,24-30,32,37H,1,6-23H2,2-4H3/q+1/t24-,25+,26-,27-,28-,29-,30-,32-,33-,34-/m0/s1. The molecule has 6 nitrogen and oxygen atoms in total. The molecular formula is C34H57N2O4+. The molecule has 0 radical (unpaired) electrons. The van der Waals surface area contributed by atoms with E-state index in [0.29, 0.717) is 36.1 Å². The van der Waals surface area contributed by atoms with Gasteiger partial charge in [0.15, 0.2) is 6.10 Å². The minimum absolute atomic E-state index is 0.0157. The number of morpholine rings is 1. The fourth-order valence-electron chi connectivity index (χ4n) is 11.5. The van der Waals surface area contributed by atoms with E-state index in [1.807, 2.05) is 6.92 Å². The summed E-state index contributed by atoms with van der Waals surface area (Å²) in [4.78, 5) is 15.5. The molecule has 0 bridgehead atoms. The number of carbonyl (C=O) groups is 1. The van der Waals surface area contributed by atoms with Crippen LogP contribution in [-0.4, -0.2) is 90.7 Å². The number of piperidine rings is 1. The molecule has 6 heteroatoms. The highest BCUT2D eigenvalue weighted by Crippen LogP contribution is 2.67. The molecular weight excluding hydrogens is 500 g/mol. The van der Waals surface area contributed by atoms with Gasteiger partial charge in [-0.05, 0) is 93.0 Å². The highest BCUT2D eigenvalue weighted by Gasteiger charge is 2.67. The highest BCUT2D eigenvalue weighted by molar-refractivity contribution is 5.69. The number of nitrogens with zero attached hydrogens (tertiary/aromatic N) is 2. The van der Waals surface area contributed by atoms with Crippen LogP contribution in [0, 0.1) is 34.5 Å². The maximum absolute atomic E-state index is 12.9. The molecule has 0 amide bonds. The lowest BCUT2D eigenvalue weighted by molar-refractivity contribution is -0.952. The molecule has 2 heterocycles. The number of carbonyl (C=O) groups excluding carboxylic acids is 1. The average Bonchev–Trinajstić information content (AvgIpc) is 3.26. The van der Waals surface area contributed by atoms with E-state index in [0.717, 1.165) is 56.6 Å². The first-order valence-corrected chi connectivity index (χ1v) is 16.9.